The van der Waals surface area contributed by atoms with E-state index in [-0.39, 0.29) is 17.1 Å². The Hall–Kier alpha value is -2.02. The summed E-state index contributed by atoms with van der Waals surface area (Å²) in [7, 11) is 0. The van der Waals surface area contributed by atoms with Gasteiger partial charge in [0, 0.05) is 11.3 Å². The smallest absolute Gasteiger partial charge is 0.295 e. The molecule has 2 aromatic rings. The van der Waals surface area contributed by atoms with Crippen LogP contribution < -0.4 is 5.32 Å². The van der Waals surface area contributed by atoms with Crippen molar-refractivity contribution in [1.82, 2.24) is 4.90 Å². The van der Waals surface area contributed by atoms with Gasteiger partial charge in [0.05, 0.1) is 21.6 Å². The molecule has 0 aromatic heterocycles. The summed E-state index contributed by atoms with van der Waals surface area (Å²) in [6.45, 7) is -0.0305. The summed E-state index contributed by atoms with van der Waals surface area (Å²) in [5.74, 6) is -0.936. The highest BCUT2D eigenvalue weighted by Crippen LogP contribution is 2.32. The quantitative estimate of drug-likeness (QED) is 0.717. The Labute approximate surface area is 157 Å². The van der Waals surface area contributed by atoms with Gasteiger partial charge in [0.2, 0.25) is 0 Å². The third-order valence-electron chi connectivity index (χ3n) is 3.43. The van der Waals surface area contributed by atoms with Gasteiger partial charge in [0.1, 0.15) is 5.82 Å². The van der Waals surface area contributed by atoms with Crippen LogP contribution in [0.15, 0.2) is 47.4 Å². The second-order valence-electron chi connectivity index (χ2n) is 5.10. The topological polar surface area (TPSA) is 49.4 Å². The molecule has 1 heterocycles. The Morgan fingerprint density at radius 3 is 2.60 bits per heavy atom. The van der Waals surface area contributed by atoms with Gasteiger partial charge in [0.15, 0.2) is 0 Å². The molecule has 0 aliphatic carbocycles. The van der Waals surface area contributed by atoms with Crippen LogP contribution in [0.5, 0.6) is 0 Å². The minimum Gasteiger partial charge on any atom is -0.367 e. The molecule has 1 aliphatic rings. The van der Waals surface area contributed by atoms with Crippen LogP contribution in [-0.2, 0) is 4.79 Å². The van der Waals surface area contributed by atoms with Gasteiger partial charge < -0.3 is 5.32 Å². The van der Waals surface area contributed by atoms with E-state index in [0.29, 0.717) is 15.7 Å². The fourth-order valence-electron chi connectivity index (χ4n) is 2.15. The van der Waals surface area contributed by atoms with E-state index in [1.165, 1.54) is 18.2 Å². The second kappa shape index (κ2) is 7.47. The van der Waals surface area contributed by atoms with Crippen LogP contribution in [0, 0.1) is 5.82 Å². The average molecular weight is 397 g/mol. The van der Waals surface area contributed by atoms with E-state index in [9.17, 15) is 14.0 Å². The zero-order valence-electron chi connectivity index (χ0n) is 12.6. The largest absolute Gasteiger partial charge is 0.367 e. The predicted molar refractivity (Wildman–Crippen MR) is 99.2 cm³/mol. The fourth-order valence-corrected chi connectivity index (χ4v) is 3.27. The van der Waals surface area contributed by atoms with Crippen LogP contribution in [0.25, 0.3) is 6.08 Å². The van der Waals surface area contributed by atoms with E-state index in [1.54, 1.807) is 30.3 Å². The number of hydrogen-bond acceptors (Lipinski definition) is 4. The molecule has 3 rings (SSSR count). The van der Waals surface area contributed by atoms with Crippen molar-refractivity contribution in [3.8, 4) is 0 Å². The third-order valence-corrected chi connectivity index (χ3v) is 5.07. The molecule has 1 aliphatic heterocycles. The lowest BCUT2D eigenvalue weighted by molar-refractivity contribution is -0.122. The first kappa shape index (κ1) is 17.8. The molecule has 0 bridgehead atoms. The molecule has 0 saturated carbocycles. The Morgan fingerprint density at radius 1 is 1.12 bits per heavy atom. The minimum atomic E-state index is -0.481. The molecule has 2 amide bonds. The maximum Gasteiger partial charge on any atom is 0.295 e. The number of hydrogen-bond donors (Lipinski definition) is 1. The van der Waals surface area contributed by atoms with E-state index in [0.717, 1.165) is 16.7 Å². The van der Waals surface area contributed by atoms with Crippen molar-refractivity contribution in [2.45, 2.75) is 0 Å². The molecule has 2 aromatic carbocycles. The molecule has 128 valence electrons. The lowest BCUT2D eigenvalue weighted by atomic mass is 10.2. The van der Waals surface area contributed by atoms with Crippen LogP contribution in [-0.4, -0.2) is 22.7 Å². The van der Waals surface area contributed by atoms with E-state index >= 15 is 0 Å². The van der Waals surface area contributed by atoms with Crippen molar-refractivity contribution >= 4 is 57.9 Å². The van der Waals surface area contributed by atoms with Gasteiger partial charge in [-0.25, -0.2) is 4.39 Å². The number of anilines is 1. The maximum atomic E-state index is 13.7. The molecule has 8 heteroatoms. The van der Waals surface area contributed by atoms with Crippen molar-refractivity contribution in [2.24, 2.45) is 0 Å². The van der Waals surface area contributed by atoms with E-state index in [1.807, 2.05) is 0 Å². The third kappa shape index (κ3) is 3.98. The van der Waals surface area contributed by atoms with E-state index < -0.39 is 17.0 Å². The fraction of sp³-hybridized carbons (Fsp3) is 0.0588. The highest BCUT2D eigenvalue weighted by molar-refractivity contribution is 8.18. The van der Waals surface area contributed by atoms with Crippen molar-refractivity contribution in [1.29, 1.82) is 0 Å². The number of halogens is 3. The van der Waals surface area contributed by atoms with Gasteiger partial charge in [-0.2, -0.15) is 0 Å². The van der Waals surface area contributed by atoms with Gasteiger partial charge in [-0.1, -0.05) is 41.4 Å². The van der Waals surface area contributed by atoms with Crippen LogP contribution >= 0.6 is 35.0 Å². The summed E-state index contributed by atoms with van der Waals surface area (Å²) in [6, 6.07) is 10.9. The normalized spacial score (nSPS) is 16.0. The Morgan fingerprint density at radius 2 is 1.88 bits per heavy atom. The summed E-state index contributed by atoms with van der Waals surface area (Å²) in [6.07, 6.45) is 1.37. The molecule has 0 unspecified atom stereocenters. The molecule has 0 atom stereocenters. The number of carbonyl (C=O) groups excluding carboxylic acids is 2. The number of thioether (sulfide) groups is 1. The summed E-state index contributed by atoms with van der Waals surface area (Å²) in [5.41, 5.74) is 0.872. The summed E-state index contributed by atoms with van der Waals surface area (Å²) in [4.78, 5) is 25.7. The maximum absolute atomic E-state index is 13.7. The molecule has 1 saturated heterocycles. The number of amides is 2. The summed E-state index contributed by atoms with van der Waals surface area (Å²) >= 11 is 12.5. The van der Waals surface area contributed by atoms with Crippen molar-refractivity contribution in [2.75, 3.05) is 12.0 Å². The second-order valence-corrected chi connectivity index (χ2v) is 6.90. The zero-order chi connectivity index (χ0) is 18.0. The number of nitrogens with one attached hydrogen (secondary N) is 1. The highest BCUT2D eigenvalue weighted by atomic mass is 35.5. The van der Waals surface area contributed by atoms with Gasteiger partial charge >= 0.3 is 0 Å². The van der Waals surface area contributed by atoms with E-state index in [4.69, 9.17) is 23.2 Å². The standard InChI is InChI=1S/C17H11Cl2FN2O2S/c18-12-6-5-11(8-13(12)19)21-9-22-16(23)15(25-17(22)24)7-10-3-1-2-4-14(10)20/h1-8,21H,9H2/b15-7-. The van der Waals surface area contributed by atoms with Crippen molar-refractivity contribution in [3.05, 3.63) is 68.8 Å². The number of rotatable bonds is 4. The number of nitrogens with zero attached hydrogens (tertiary/aromatic N) is 1. The van der Waals surface area contributed by atoms with Crippen molar-refractivity contribution in [3.63, 3.8) is 0 Å². The number of benzene rings is 2. The molecular formula is C17H11Cl2FN2O2S. The van der Waals surface area contributed by atoms with Gasteiger partial charge in [-0.3, -0.25) is 14.5 Å². The van der Waals surface area contributed by atoms with Crippen molar-refractivity contribution < 1.29 is 14.0 Å². The molecule has 1 fully saturated rings. The molecule has 4 nitrogen and oxygen atoms in total. The van der Waals surface area contributed by atoms with Crippen LogP contribution in [0.1, 0.15) is 5.56 Å². The van der Waals surface area contributed by atoms with Crippen LogP contribution in [0.4, 0.5) is 14.9 Å². The lowest BCUT2D eigenvalue weighted by Crippen LogP contribution is -2.33. The molecule has 1 N–H and O–H groups in total. The zero-order valence-corrected chi connectivity index (χ0v) is 15.0. The van der Waals surface area contributed by atoms with Crippen LogP contribution in [0.2, 0.25) is 10.0 Å². The highest BCUT2D eigenvalue weighted by Gasteiger charge is 2.34. The monoisotopic (exact) mass is 396 g/mol. The Balaban J connectivity index is 1.73. The SMILES string of the molecule is O=C1S/C(=C\c2ccccc2F)C(=O)N1CNc1ccc(Cl)c(Cl)c1. The van der Waals surface area contributed by atoms with Gasteiger partial charge in [0.25, 0.3) is 11.1 Å². The molecular weight excluding hydrogens is 386 g/mol. The first-order chi connectivity index (χ1) is 12.0. The lowest BCUT2D eigenvalue weighted by Gasteiger charge is -2.14. The predicted octanol–water partition coefficient (Wildman–Crippen LogP) is 5.24. The van der Waals surface area contributed by atoms with E-state index in [2.05, 4.69) is 5.32 Å². The Kier molecular flexibility index (Phi) is 5.32. The molecule has 25 heavy (non-hydrogen) atoms. The average Bonchev–Trinajstić information content (AvgIpc) is 2.85. The van der Waals surface area contributed by atoms with Gasteiger partial charge in [-0.15, -0.1) is 0 Å². The number of imide groups is 1. The minimum absolute atomic E-state index is 0.0305. The first-order valence-corrected chi connectivity index (χ1v) is 8.72. The summed E-state index contributed by atoms with van der Waals surface area (Å²) in [5, 5.41) is 3.28. The molecule has 0 spiro atoms. The first-order valence-electron chi connectivity index (χ1n) is 7.14. The number of carbonyl (C=O) groups is 2. The Bertz CT molecular complexity index is 889. The summed E-state index contributed by atoms with van der Waals surface area (Å²) < 4.78 is 13.7. The van der Waals surface area contributed by atoms with Gasteiger partial charge in [-0.05, 0) is 42.1 Å². The van der Waals surface area contributed by atoms with Crippen LogP contribution in [0.3, 0.4) is 0 Å². The molecule has 0 radical (unpaired) electrons.